The van der Waals surface area contributed by atoms with Crippen LogP contribution in [0.15, 0.2) is 12.1 Å². The van der Waals surface area contributed by atoms with E-state index < -0.39 is 19.0 Å². The summed E-state index contributed by atoms with van der Waals surface area (Å²) >= 11 is 0. The molecule has 1 saturated heterocycles. The molecule has 1 aliphatic carbocycles. The summed E-state index contributed by atoms with van der Waals surface area (Å²) in [5, 5.41) is 19.5. The number of nitrogens with zero attached hydrogens (tertiary/aromatic N) is 1. The van der Waals surface area contributed by atoms with Crippen LogP contribution in [0, 0.1) is 0 Å². The van der Waals surface area contributed by atoms with Crippen molar-refractivity contribution in [3.8, 4) is 11.5 Å². The Labute approximate surface area is 138 Å². The van der Waals surface area contributed by atoms with Crippen LogP contribution in [0.25, 0.3) is 0 Å². The number of amides is 1. The van der Waals surface area contributed by atoms with Crippen molar-refractivity contribution < 1.29 is 29.1 Å². The number of carboxylic acids is 1. The highest BCUT2D eigenvalue weighted by Gasteiger charge is 2.54. The molecule has 1 amide bonds. The van der Waals surface area contributed by atoms with Gasteiger partial charge in [-0.3, -0.25) is 9.69 Å². The van der Waals surface area contributed by atoms with E-state index in [0.717, 1.165) is 12.0 Å². The maximum absolute atomic E-state index is 11.7. The second-order valence-electron chi connectivity index (χ2n) is 6.58. The first-order valence-corrected chi connectivity index (χ1v) is 7.86. The van der Waals surface area contributed by atoms with Crippen molar-refractivity contribution in [2.75, 3.05) is 19.6 Å². The van der Waals surface area contributed by atoms with Gasteiger partial charge >= 0.3 is 13.1 Å². The molecule has 0 radical (unpaired) electrons. The van der Waals surface area contributed by atoms with E-state index >= 15 is 0 Å². The van der Waals surface area contributed by atoms with Crippen LogP contribution in [0.2, 0.25) is 5.82 Å². The fourth-order valence-corrected chi connectivity index (χ4v) is 3.52. The number of carboxylic acid groups (broad SMARTS) is 1. The minimum Gasteiger partial charge on any atom is -0.535 e. The molecule has 2 aliphatic heterocycles. The SMILES string of the molecule is NC(=O)CN1CC(Oc2ccc3c(c2C(=O)O)OB(O)C2CC32)C1. The van der Waals surface area contributed by atoms with E-state index in [9.17, 15) is 19.7 Å². The highest BCUT2D eigenvalue weighted by atomic mass is 16.5. The van der Waals surface area contributed by atoms with E-state index in [1.807, 2.05) is 11.0 Å². The number of primary amides is 1. The Morgan fingerprint density at radius 1 is 1.42 bits per heavy atom. The first kappa shape index (κ1) is 15.3. The molecule has 1 aromatic rings. The summed E-state index contributed by atoms with van der Waals surface area (Å²) in [4.78, 5) is 24.4. The zero-order chi connectivity index (χ0) is 17.0. The molecule has 1 aromatic carbocycles. The van der Waals surface area contributed by atoms with Crippen LogP contribution in [0.4, 0.5) is 0 Å². The molecule has 4 N–H and O–H groups in total. The predicted molar refractivity (Wildman–Crippen MR) is 83.2 cm³/mol. The predicted octanol–water partition coefficient (Wildman–Crippen LogP) is -0.336. The van der Waals surface area contributed by atoms with Gasteiger partial charge in [0.2, 0.25) is 5.91 Å². The van der Waals surface area contributed by atoms with Gasteiger partial charge < -0.3 is 25.3 Å². The molecule has 4 rings (SSSR count). The summed E-state index contributed by atoms with van der Waals surface area (Å²) in [6, 6.07) is 3.46. The Bertz CT molecular complexity index is 720. The van der Waals surface area contributed by atoms with E-state index in [2.05, 4.69) is 0 Å². The molecule has 24 heavy (non-hydrogen) atoms. The molecule has 2 unspecified atom stereocenters. The number of hydrogen-bond donors (Lipinski definition) is 3. The molecule has 1 saturated carbocycles. The number of carbonyl (C=O) groups excluding carboxylic acids is 1. The molecule has 9 heteroatoms. The van der Waals surface area contributed by atoms with Crippen molar-refractivity contribution in [2.24, 2.45) is 5.73 Å². The Hall–Kier alpha value is -2.26. The van der Waals surface area contributed by atoms with Gasteiger partial charge in [-0.15, -0.1) is 0 Å². The number of benzene rings is 1. The van der Waals surface area contributed by atoms with E-state index in [1.54, 1.807) is 6.07 Å². The third-order valence-electron chi connectivity index (χ3n) is 4.80. The molecule has 8 nitrogen and oxygen atoms in total. The number of fused-ring (bicyclic) bond motifs is 3. The highest BCUT2D eigenvalue weighted by molar-refractivity contribution is 6.48. The number of nitrogens with two attached hydrogens (primary N) is 1. The average Bonchev–Trinajstić information content (AvgIpc) is 3.25. The molecule has 0 spiro atoms. The lowest BCUT2D eigenvalue weighted by atomic mass is 9.77. The second-order valence-corrected chi connectivity index (χ2v) is 6.58. The minimum atomic E-state index is -1.15. The van der Waals surface area contributed by atoms with Gasteiger partial charge in [-0.05, 0) is 24.0 Å². The van der Waals surface area contributed by atoms with E-state index in [0.29, 0.717) is 13.1 Å². The molecule has 2 fully saturated rings. The number of hydrogen-bond acceptors (Lipinski definition) is 6. The van der Waals surface area contributed by atoms with Crippen molar-refractivity contribution in [3.63, 3.8) is 0 Å². The van der Waals surface area contributed by atoms with E-state index in [-0.39, 0.29) is 41.4 Å². The van der Waals surface area contributed by atoms with Crippen LogP contribution in [0.1, 0.15) is 28.3 Å². The highest BCUT2D eigenvalue weighted by Crippen LogP contribution is 2.60. The lowest BCUT2D eigenvalue weighted by Crippen LogP contribution is -2.56. The third-order valence-corrected chi connectivity index (χ3v) is 4.80. The molecular formula is C15H17BN2O6. The Kier molecular flexibility index (Phi) is 3.43. The number of ether oxygens (including phenoxy) is 1. The van der Waals surface area contributed by atoms with Crippen molar-refractivity contribution in [1.82, 2.24) is 4.90 Å². The summed E-state index contributed by atoms with van der Waals surface area (Å²) in [7, 11) is -0.967. The van der Waals surface area contributed by atoms with Gasteiger partial charge in [0, 0.05) is 18.9 Å². The second kappa shape index (κ2) is 5.39. The van der Waals surface area contributed by atoms with Crippen molar-refractivity contribution in [3.05, 3.63) is 23.3 Å². The number of rotatable bonds is 5. The van der Waals surface area contributed by atoms with Crippen LogP contribution in [0.3, 0.4) is 0 Å². The smallest absolute Gasteiger partial charge is 0.526 e. The monoisotopic (exact) mass is 332 g/mol. The van der Waals surface area contributed by atoms with Crippen LogP contribution in [0.5, 0.6) is 11.5 Å². The van der Waals surface area contributed by atoms with Crippen LogP contribution in [-0.4, -0.2) is 59.8 Å². The van der Waals surface area contributed by atoms with Gasteiger partial charge in [0.05, 0.1) is 6.54 Å². The van der Waals surface area contributed by atoms with E-state index in [1.165, 1.54) is 0 Å². The average molecular weight is 332 g/mol. The van der Waals surface area contributed by atoms with Crippen LogP contribution < -0.4 is 15.1 Å². The van der Waals surface area contributed by atoms with Crippen molar-refractivity contribution in [1.29, 1.82) is 0 Å². The number of aromatic carboxylic acids is 1. The maximum atomic E-state index is 11.7. The molecule has 3 aliphatic rings. The first-order valence-electron chi connectivity index (χ1n) is 7.86. The molecule has 0 bridgehead atoms. The largest absolute Gasteiger partial charge is 0.535 e. The van der Waals surface area contributed by atoms with Gasteiger partial charge in [-0.25, -0.2) is 4.79 Å². The molecular weight excluding hydrogens is 315 g/mol. The number of carbonyl (C=O) groups is 2. The van der Waals surface area contributed by atoms with Gasteiger partial charge in [0.25, 0.3) is 0 Å². The minimum absolute atomic E-state index is 0.0507. The van der Waals surface area contributed by atoms with Gasteiger partial charge in [-0.1, -0.05) is 6.07 Å². The Balaban J connectivity index is 1.55. The molecule has 2 atom stereocenters. The van der Waals surface area contributed by atoms with E-state index in [4.69, 9.17) is 15.1 Å². The summed E-state index contributed by atoms with van der Waals surface area (Å²) < 4.78 is 11.2. The molecule has 126 valence electrons. The van der Waals surface area contributed by atoms with Gasteiger partial charge in [-0.2, -0.15) is 0 Å². The lowest BCUT2D eigenvalue weighted by molar-refractivity contribution is -0.121. The molecule has 0 aromatic heterocycles. The topological polar surface area (TPSA) is 122 Å². The van der Waals surface area contributed by atoms with Gasteiger partial charge in [0.1, 0.15) is 23.2 Å². The quantitative estimate of drug-likeness (QED) is 0.631. The fourth-order valence-electron chi connectivity index (χ4n) is 3.52. The lowest BCUT2D eigenvalue weighted by Gasteiger charge is -2.38. The summed E-state index contributed by atoms with van der Waals surface area (Å²) in [6.45, 7) is 1.18. The fraction of sp³-hybridized carbons (Fsp3) is 0.467. The van der Waals surface area contributed by atoms with Crippen molar-refractivity contribution in [2.45, 2.75) is 24.3 Å². The molecule has 2 heterocycles. The Morgan fingerprint density at radius 2 is 2.17 bits per heavy atom. The summed E-state index contributed by atoms with van der Waals surface area (Å²) in [5.74, 6) is -0.919. The number of likely N-dealkylation sites (tertiary alicyclic amines) is 1. The van der Waals surface area contributed by atoms with Crippen molar-refractivity contribution >= 4 is 19.0 Å². The maximum Gasteiger partial charge on any atom is 0.526 e. The standard InChI is InChI=1S/C15H17BN2O6/c17-12(19)6-18-4-7(5-18)23-11-2-1-8-9-3-10(9)16(22)24-14(8)13(11)15(20)21/h1-2,7,9-10,22H,3-6H2,(H2,17,19)(H,20,21). The first-order chi connectivity index (χ1) is 11.4. The van der Waals surface area contributed by atoms with Crippen LogP contribution in [-0.2, 0) is 4.79 Å². The normalized spacial score (nSPS) is 25.1. The Morgan fingerprint density at radius 3 is 2.83 bits per heavy atom. The summed E-state index contributed by atoms with van der Waals surface area (Å²) in [6.07, 6.45) is 0.598. The third kappa shape index (κ3) is 2.49. The van der Waals surface area contributed by atoms with Crippen LogP contribution >= 0.6 is 0 Å². The van der Waals surface area contributed by atoms with Gasteiger partial charge in [0.15, 0.2) is 0 Å². The summed E-state index contributed by atoms with van der Waals surface area (Å²) in [5.41, 5.74) is 5.90. The zero-order valence-corrected chi connectivity index (χ0v) is 12.8. The zero-order valence-electron chi connectivity index (χ0n) is 12.8.